The molecule has 1 fully saturated rings. The van der Waals surface area contributed by atoms with Crippen molar-refractivity contribution in [3.63, 3.8) is 0 Å². The quantitative estimate of drug-likeness (QED) is 0.509. The van der Waals surface area contributed by atoms with Crippen molar-refractivity contribution in [3.05, 3.63) is 83.4 Å². The van der Waals surface area contributed by atoms with Crippen LogP contribution in [0.1, 0.15) is 75.5 Å². The number of hydrogen-bond acceptors (Lipinski definition) is 3. The summed E-state index contributed by atoms with van der Waals surface area (Å²) in [4.78, 5) is 17.6. The molecule has 0 saturated heterocycles. The van der Waals surface area contributed by atoms with Crippen LogP contribution in [0.2, 0.25) is 0 Å². The summed E-state index contributed by atoms with van der Waals surface area (Å²) in [6.45, 7) is 2.34. The topological polar surface area (TPSA) is 54.6 Å². The third-order valence-electron chi connectivity index (χ3n) is 7.90. The zero-order valence-corrected chi connectivity index (χ0v) is 20.2. The van der Waals surface area contributed by atoms with Crippen LogP contribution in [0.25, 0.3) is 5.65 Å². The Labute approximate surface area is 202 Å². The minimum atomic E-state index is -0.645. The maximum Gasteiger partial charge on any atom is 0.163 e. The van der Waals surface area contributed by atoms with Gasteiger partial charge in [-0.25, -0.2) is 4.98 Å². The van der Waals surface area contributed by atoms with Crippen LogP contribution in [0.4, 0.5) is 0 Å². The number of nitrogens with zero attached hydrogens (tertiary/aromatic N) is 2. The number of rotatable bonds is 8. The molecule has 0 bridgehead atoms. The van der Waals surface area contributed by atoms with Crippen LogP contribution in [0.5, 0.6) is 0 Å². The van der Waals surface area contributed by atoms with Crippen molar-refractivity contribution < 1.29 is 9.90 Å². The Bertz CT molecular complexity index is 1160. The lowest BCUT2D eigenvalue weighted by atomic mass is 9.82. The molecule has 0 spiro atoms. The zero-order chi connectivity index (χ0) is 23.5. The van der Waals surface area contributed by atoms with Gasteiger partial charge in [0.05, 0.1) is 11.8 Å². The van der Waals surface area contributed by atoms with Gasteiger partial charge in [0.2, 0.25) is 0 Å². The molecule has 178 valence electrons. The van der Waals surface area contributed by atoms with Gasteiger partial charge < -0.3 is 9.51 Å². The number of carbonyl (C=O) groups excluding carboxylic acids is 1. The largest absolute Gasteiger partial charge is 0.388 e. The summed E-state index contributed by atoms with van der Waals surface area (Å²) in [5.41, 5.74) is 4.83. The molecule has 4 heteroatoms. The van der Waals surface area contributed by atoms with Gasteiger partial charge in [0, 0.05) is 30.3 Å². The highest BCUT2D eigenvalue weighted by Gasteiger charge is 2.25. The predicted octanol–water partition coefficient (Wildman–Crippen LogP) is 6.27. The van der Waals surface area contributed by atoms with Crippen LogP contribution < -0.4 is 0 Å². The van der Waals surface area contributed by atoms with E-state index in [-0.39, 0.29) is 11.7 Å². The summed E-state index contributed by atoms with van der Waals surface area (Å²) < 4.78 is 2.11. The van der Waals surface area contributed by atoms with Crippen LogP contribution in [0, 0.1) is 11.8 Å². The summed E-state index contributed by atoms with van der Waals surface area (Å²) >= 11 is 0. The van der Waals surface area contributed by atoms with Crippen molar-refractivity contribution >= 4 is 11.4 Å². The molecule has 5 rings (SSSR count). The van der Waals surface area contributed by atoms with E-state index in [0.717, 1.165) is 22.8 Å². The second kappa shape index (κ2) is 10.3. The standard InChI is InChI=1S/C30H36N2O2/c1-21(11-12-22-7-3-2-4-8-22)24-13-16-30-31-26(20-32(30)19-24)14-15-28(33)25-17-23-9-5-6-10-27(23)29(34)18-25/h5-6,9-10,13,16-22,27,29,34H,2-4,7-8,11-12,14-15H2,1H3. The van der Waals surface area contributed by atoms with Crippen LogP contribution in [0.3, 0.4) is 0 Å². The molecule has 0 amide bonds. The third kappa shape index (κ3) is 5.17. The number of aromatic nitrogens is 2. The molecule has 0 aliphatic heterocycles. The fourth-order valence-corrected chi connectivity index (χ4v) is 5.70. The Hall–Kier alpha value is -2.72. The molecule has 1 saturated carbocycles. The molecule has 3 aliphatic carbocycles. The molecule has 2 aromatic rings. The van der Waals surface area contributed by atoms with Gasteiger partial charge in [-0.3, -0.25) is 4.79 Å². The number of carbonyl (C=O) groups is 1. The average molecular weight is 457 g/mol. The van der Waals surface area contributed by atoms with E-state index in [1.165, 1.54) is 50.5 Å². The lowest BCUT2D eigenvalue weighted by molar-refractivity contribution is -0.115. The Kier molecular flexibility index (Phi) is 6.96. The first kappa shape index (κ1) is 23.0. The van der Waals surface area contributed by atoms with Gasteiger partial charge in [-0.05, 0) is 60.5 Å². The molecule has 34 heavy (non-hydrogen) atoms. The molecule has 0 radical (unpaired) electrons. The Morgan fingerprint density at radius 3 is 2.88 bits per heavy atom. The molecule has 3 aliphatic rings. The minimum absolute atomic E-state index is 0.0424. The second-order valence-electron chi connectivity index (χ2n) is 10.4. The summed E-state index contributed by atoms with van der Waals surface area (Å²) in [5, 5.41) is 10.4. The molecule has 0 aromatic carbocycles. The van der Waals surface area contributed by atoms with E-state index in [1.54, 1.807) is 6.08 Å². The number of aliphatic hydroxyl groups excluding tert-OH is 1. The molecule has 2 aromatic heterocycles. The predicted molar refractivity (Wildman–Crippen MR) is 137 cm³/mol. The SMILES string of the molecule is CC(CCC1CCCCC1)c1ccc2nc(CCC(=O)C3=CC(O)C4C=CC=CC4=C3)cn2c1. The maximum absolute atomic E-state index is 12.9. The number of Topliss-reactive ketones (excluding diaryl/α,β-unsaturated/α-hetero) is 1. The molecule has 3 unspecified atom stereocenters. The van der Waals surface area contributed by atoms with Crippen LogP contribution >= 0.6 is 0 Å². The van der Waals surface area contributed by atoms with E-state index in [1.807, 2.05) is 30.4 Å². The van der Waals surface area contributed by atoms with E-state index in [4.69, 9.17) is 4.98 Å². The van der Waals surface area contributed by atoms with Gasteiger partial charge in [0.1, 0.15) is 5.65 Å². The Morgan fingerprint density at radius 2 is 2.03 bits per heavy atom. The molecule has 2 heterocycles. The van der Waals surface area contributed by atoms with Crippen molar-refractivity contribution in [3.8, 4) is 0 Å². The number of aliphatic hydroxyl groups is 1. The lowest BCUT2D eigenvalue weighted by Crippen LogP contribution is -2.24. The smallest absolute Gasteiger partial charge is 0.163 e. The summed E-state index contributed by atoms with van der Waals surface area (Å²) in [5.74, 6) is 1.48. The summed E-state index contributed by atoms with van der Waals surface area (Å²) in [7, 11) is 0. The average Bonchev–Trinajstić information content (AvgIpc) is 3.28. The van der Waals surface area contributed by atoms with Crippen molar-refractivity contribution in [2.24, 2.45) is 11.8 Å². The van der Waals surface area contributed by atoms with E-state index in [9.17, 15) is 9.90 Å². The summed E-state index contributed by atoms with van der Waals surface area (Å²) in [6.07, 6.45) is 25.7. The fraction of sp³-hybridized carbons (Fsp3) is 0.467. The second-order valence-corrected chi connectivity index (χ2v) is 10.4. The highest BCUT2D eigenvalue weighted by atomic mass is 16.3. The number of ketones is 1. The van der Waals surface area contributed by atoms with Crippen LogP contribution in [0.15, 0.2) is 72.1 Å². The monoisotopic (exact) mass is 456 g/mol. The number of imidazole rings is 1. The highest BCUT2D eigenvalue weighted by molar-refractivity contribution is 5.98. The van der Waals surface area contributed by atoms with Crippen molar-refractivity contribution in [1.29, 1.82) is 0 Å². The first-order valence-corrected chi connectivity index (χ1v) is 13.0. The van der Waals surface area contributed by atoms with Crippen molar-refractivity contribution in [2.45, 2.75) is 76.7 Å². The molecule has 4 nitrogen and oxygen atoms in total. The molecule has 3 atom stereocenters. The van der Waals surface area contributed by atoms with E-state index < -0.39 is 6.10 Å². The normalized spacial score (nSPS) is 23.5. The van der Waals surface area contributed by atoms with Crippen molar-refractivity contribution in [2.75, 3.05) is 0 Å². The third-order valence-corrected chi connectivity index (χ3v) is 7.90. The number of aryl methyl sites for hydroxylation is 1. The molecule has 1 N–H and O–H groups in total. The lowest BCUT2D eigenvalue weighted by Gasteiger charge is -2.25. The van der Waals surface area contributed by atoms with E-state index >= 15 is 0 Å². The zero-order valence-electron chi connectivity index (χ0n) is 20.2. The van der Waals surface area contributed by atoms with Crippen LogP contribution in [-0.2, 0) is 11.2 Å². The van der Waals surface area contributed by atoms with Gasteiger partial charge in [0.25, 0.3) is 0 Å². The highest BCUT2D eigenvalue weighted by Crippen LogP contribution is 2.32. The maximum atomic E-state index is 12.9. The van der Waals surface area contributed by atoms with Crippen LogP contribution in [-0.4, -0.2) is 26.4 Å². The van der Waals surface area contributed by atoms with Gasteiger partial charge in [0.15, 0.2) is 5.78 Å². The number of fused-ring (bicyclic) bond motifs is 2. The number of allylic oxidation sites excluding steroid dienone is 5. The number of hydrogen-bond donors (Lipinski definition) is 1. The minimum Gasteiger partial charge on any atom is -0.388 e. The van der Waals surface area contributed by atoms with Gasteiger partial charge in [-0.15, -0.1) is 0 Å². The number of pyridine rings is 1. The van der Waals surface area contributed by atoms with Gasteiger partial charge >= 0.3 is 0 Å². The van der Waals surface area contributed by atoms with E-state index in [0.29, 0.717) is 24.3 Å². The first-order valence-electron chi connectivity index (χ1n) is 13.0. The fourth-order valence-electron chi connectivity index (χ4n) is 5.70. The van der Waals surface area contributed by atoms with Gasteiger partial charge in [-0.2, -0.15) is 0 Å². The summed E-state index contributed by atoms with van der Waals surface area (Å²) in [6, 6.07) is 4.32. The molecular weight excluding hydrogens is 420 g/mol. The molecular formula is C30H36N2O2. The van der Waals surface area contributed by atoms with E-state index in [2.05, 4.69) is 35.9 Å². The Morgan fingerprint density at radius 1 is 1.18 bits per heavy atom. The van der Waals surface area contributed by atoms with Gasteiger partial charge in [-0.1, -0.05) is 69.4 Å². The first-order chi connectivity index (χ1) is 16.6. The Balaban J connectivity index is 1.19. The van der Waals surface area contributed by atoms with Crippen molar-refractivity contribution in [1.82, 2.24) is 9.38 Å².